The molecule has 1 heterocycles. The highest BCUT2D eigenvalue weighted by molar-refractivity contribution is 6.07. The molecule has 152 valence electrons. The molecular formula is C23H19NO6. The van der Waals surface area contributed by atoms with Crippen LogP contribution in [0.5, 0.6) is 11.5 Å². The average molecular weight is 405 g/mol. The summed E-state index contributed by atoms with van der Waals surface area (Å²) in [4.78, 5) is 24.0. The Morgan fingerprint density at radius 1 is 0.900 bits per heavy atom. The topological polar surface area (TPSA) is 87.0 Å². The van der Waals surface area contributed by atoms with Gasteiger partial charge in [0, 0.05) is 16.5 Å². The van der Waals surface area contributed by atoms with E-state index < -0.39 is 5.97 Å². The molecule has 0 bridgehead atoms. The molecule has 4 aromatic rings. The maximum atomic E-state index is 12.4. The van der Waals surface area contributed by atoms with Crippen molar-refractivity contribution >= 4 is 39.5 Å². The number of methoxy groups -OCH3 is 2. The highest BCUT2D eigenvalue weighted by Crippen LogP contribution is 2.31. The summed E-state index contributed by atoms with van der Waals surface area (Å²) >= 11 is 0. The SMILES string of the molecule is COC(=O)c1ccc(OCC(=O)Nc2ccc3oc4ccccc4c3c2)c(OC)c1. The molecular weight excluding hydrogens is 386 g/mol. The summed E-state index contributed by atoms with van der Waals surface area (Å²) in [5.74, 6) is -0.144. The molecule has 0 saturated heterocycles. The van der Waals surface area contributed by atoms with Crippen molar-refractivity contribution in [2.75, 3.05) is 26.1 Å². The first kappa shape index (κ1) is 19.3. The van der Waals surface area contributed by atoms with Gasteiger partial charge < -0.3 is 23.9 Å². The molecule has 0 fully saturated rings. The van der Waals surface area contributed by atoms with E-state index in [4.69, 9.17) is 13.9 Å². The number of fused-ring (bicyclic) bond motifs is 3. The van der Waals surface area contributed by atoms with E-state index in [9.17, 15) is 9.59 Å². The van der Waals surface area contributed by atoms with Crippen molar-refractivity contribution in [1.82, 2.24) is 0 Å². The molecule has 0 saturated carbocycles. The first-order chi connectivity index (χ1) is 14.6. The molecule has 1 aromatic heterocycles. The Hall–Kier alpha value is -4.00. The number of carbonyl (C=O) groups is 2. The van der Waals surface area contributed by atoms with Crippen molar-refractivity contribution in [3.63, 3.8) is 0 Å². The molecule has 0 spiro atoms. The van der Waals surface area contributed by atoms with Gasteiger partial charge in [0.2, 0.25) is 0 Å². The van der Waals surface area contributed by atoms with Crippen LogP contribution in [0.4, 0.5) is 5.69 Å². The van der Waals surface area contributed by atoms with Gasteiger partial charge in [-0.25, -0.2) is 4.79 Å². The number of amides is 1. The third-order valence-electron chi connectivity index (χ3n) is 4.60. The number of carbonyl (C=O) groups excluding carboxylic acids is 2. The maximum Gasteiger partial charge on any atom is 0.337 e. The van der Waals surface area contributed by atoms with Gasteiger partial charge in [0.05, 0.1) is 19.8 Å². The lowest BCUT2D eigenvalue weighted by atomic mass is 10.1. The van der Waals surface area contributed by atoms with Gasteiger partial charge in [0.1, 0.15) is 11.2 Å². The van der Waals surface area contributed by atoms with Gasteiger partial charge in [-0.3, -0.25) is 4.79 Å². The lowest BCUT2D eigenvalue weighted by Crippen LogP contribution is -2.20. The number of nitrogens with one attached hydrogen (secondary N) is 1. The number of anilines is 1. The van der Waals surface area contributed by atoms with Crippen molar-refractivity contribution in [3.05, 3.63) is 66.2 Å². The normalized spacial score (nSPS) is 10.7. The fraction of sp³-hybridized carbons (Fsp3) is 0.130. The Labute approximate surface area is 172 Å². The number of hydrogen-bond acceptors (Lipinski definition) is 6. The van der Waals surface area contributed by atoms with E-state index in [1.165, 1.54) is 20.3 Å². The molecule has 0 atom stereocenters. The summed E-state index contributed by atoms with van der Waals surface area (Å²) in [5, 5.41) is 4.72. The van der Waals surface area contributed by atoms with Crippen molar-refractivity contribution in [1.29, 1.82) is 0 Å². The smallest absolute Gasteiger partial charge is 0.337 e. The standard InChI is InChI=1S/C23H19NO6/c1-27-21-11-14(23(26)28-2)7-9-20(21)29-13-22(25)24-15-8-10-19-17(12-15)16-5-3-4-6-18(16)30-19/h3-12H,13H2,1-2H3,(H,24,25). The van der Waals surface area contributed by atoms with Gasteiger partial charge in [-0.15, -0.1) is 0 Å². The van der Waals surface area contributed by atoms with Crippen LogP contribution in [0.3, 0.4) is 0 Å². The van der Waals surface area contributed by atoms with E-state index in [1.54, 1.807) is 18.2 Å². The van der Waals surface area contributed by atoms with Crippen LogP contribution in [-0.2, 0) is 9.53 Å². The first-order valence-corrected chi connectivity index (χ1v) is 9.19. The highest BCUT2D eigenvalue weighted by atomic mass is 16.5. The first-order valence-electron chi connectivity index (χ1n) is 9.19. The minimum Gasteiger partial charge on any atom is -0.493 e. The molecule has 3 aromatic carbocycles. The average Bonchev–Trinajstić information content (AvgIpc) is 3.15. The zero-order valence-electron chi connectivity index (χ0n) is 16.4. The summed E-state index contributed by atoms with van der Waals surface area (Å²) in [6, 6.07) is 17.8. The molecule has 0 aliphatic rings. The van der Waals surface area contributed by atoms with Crippen LogP contribution in [0.2, 0.25) is 0 Å². The van der Waals surface area contributed by atoms with Crippen LogP contribution < -0.4 is 14.8 Å². The quantitative estimate of drug-likeness (QED) is 0.479. The summed E-state index contributed by atoms with van der Waals surface area (Å²) in [7, 11) is 2.75. The molecule has 7 heteroatoms. The fourth-order valence-corrected chi connectivity index (χ4v) is 3.18. The van der Waals surface area contributed by atoms with Crippen molar-refractivity contribution < 1.29 is 28.2 Å². The number of furan rings is 1. The number of para-hydroxylation sites is 1. The Morgan fingerprint density at radius 2 is 1.70 bits per heavy atom. The zero-order valence-corrected chi connectivity index (χ0v) is 16.4. The Morgan fingerprint density at radius 3 is 2.50 bits per heavy atom. The van der Waals surface area contributed by atoms with Gasteiger partial charge in [-0.1, -0.05) is 18.2 Å². The summed E-state index contributed by atoms with van der Waals surface area (Å²) in [6.45, 7) is -0.224. The van der Waals surface area contributed by atoms with Crippen molar-refractivity contribution in [2.24, 2.45) is 0 Å². The van der Waals surface area contributed by atoms with Crippen LogP contribution in [0, 0.1) is 0 Å². The largest absolute Gasteiger partial charge is 0.493 e. The Balaban J connectivity index is 1.46. The molecule has 7 nitrogen and oxygen atoms in total. The van der Waals surface area contributed by atoms with Crippen LogP contribution in [-0.4, -0.2) is 32.7 Å². The molecule has 1 amide bonds. The summed E-state index contributed by atoms with van der Waals surface area (Å²) in [5.41, 5.74) is 2.50. The maximum absolute atomic E-state index is 12.4. The number of ether oxygens (including phenoxy) is 3. The molecule has 0 radical (unpaired) electrons. The monoisotopic (exact) mass is 405 g/mol. The minimum absolute atomic E-state index is 0.224. The van der Waals surface area contributed by atoms with E-state index in [1.807, 2.05) is 36.4 Å². The van der Waals surface area contributed by atoms with Crippen molar-refractivity contribution in [2.45, 2.75) is 0 Å². The fourth-order valence-electron chi connectivity index (χ4n) is 3.18. The summed E-state index contributed by atoms with van der Waals surface area (Å²) < 4.78 is 21.3. The van der Waals surface area contributed by atoms with Crippen LogP contribution in [0.25, 0.3) is 21.9 Å². The molecule has 4 rings (SSSR count). The van der Waals surface area contributed by atoms with Gasteiger partial charge >= 0.3 is 5.97 Å². The van der Waals surface area contributed by atoms with E-state index in [-0.39, 0.29) is 12.5 Å². The van der Waals surface area contributed by atoms with Gasteiger partial charge in [-0.05, 0) is 42.5 Å². The zero-order chi connectivity index (χ0) is 21.1. The van der Waals surface area contributed by atoms with Crippen LogP contribution >= 0.6 is 0 Å². The third-order valence-corrected chi connectivity index (χ3v) is 4.60. The second-order valence-corrected chi connectivity index (χ2v) is 6.50. The second kappa shape index (κ2) is 8.16. The molecule has 1 N–H and O–H groups in total. The van der Waals surface area contributed by atoms with Gasteiger partial charge in [0.25, 0.3) is 5.91 Å². The predicted octanol–water partition coefficient (Wildman–Crippen LogP) is 4.40. The summed E-state index contributed by atoms with van der Waals surface area (Å²) in [6.07, 6.45) is 0. The highest BCUT2D eigenvalue weighted by Gasteiger charge is 2.13. The number of esters is 1. The van der Waals surface area contributed by atoms with Crippen LogP contribution in [0.15, 0.2) is 65.1 Å². The van der Waals surface area contributed by atoms with E-state index in [0.717, 1.165) is 21.9 Å². The van der Waals surface area contributed by atoms with Crippen molar-refractivity contribution in [3.8, 4) is 11.5 Å². The Kier molecular flexibility index (Phi) is 5.26. The van der Waals surface area contributed by atoms with Gasteiger partial charge in [-0.2, -0.15) is 0 Å². The lowest BCUT2D eigenvalue weighted by molar-refractivity contribution is -0.118. The Bertz CT molecular complexity index is 1240. The van der Waals surface area contributed by atoms with E-state index in [2.05, 4.69) is 10.1 Å². The lowest BCUT2D eigenvalue weighted by Gasteiger charge is -2.12. The number of rotatable bonds is 6. The van der Waals surface area contributed by atoms with Crippen LogP contribution in [0.1, 0.15) is 10.4 Å². The molecule has 0 unspecified atom stereocenters. The molecule has 0 aliphatic carbocycles. The second-order valence-electron chi connectivity index (χ2n) is 6.50. The van der Waals surface area contributed by atoms with E-state index >= 15 is 0 Å². The third kappa shape index (κ3) is 3.77. The number of hydrogen-bond donors (Lipinski definition) is 1. The minimum atomic E-state index is -0.486. The van der Waals surface area contributed by atoms with E-state index in [0.29, 0.717) is 22.7 Å². The predicted molar refractivity (Wildman–Crippen MR) is 112 cm³/mol. The molecule has 30 heavy (non-hydrogen) atoms. The number of benzene rings is 3. The molecule has 0 aliphatic heterocycles. The van der Waals surface area contributed by atoms with Gasteiger partial charge in [0.15, 0.2) is 18.1 Å².